The first-order valence-corrected chi connectivity index (χ1v) is 9.43. The average Bonchev–Trinajstić information content (AvgIpc) is 3.09. The van der Waals surface area contributed by atoms with Crippen molar-refractivity contribution in [1.82, 2.24) is 15.1 Å². The van der Waals surface area contributed by atoms with Gasteiger partial charge in [-0.25, -0.2) is 4.79 Å². The van der Waals surface area contributed by atoms with E-state index in [4.69, 9.17) is 0 Å². The van der Waals surface area contributed by atoms with E-state index in [1.807, 2.05) is 11.0 Å². The molecule has 3 rings (SSSR count). The van der Waals surface area contributed by atoms with Crippen molar-refractivity contribution in [3.8, 4) is 0 Å². The monoisotopic (exact) mass is 343 g/mol. The smallest absolute Gasteiger partial charge is 0.317 e. The Labute approximate surface area is 148 Å². The molecule has 4 nitrogen and oxygen atoms in total. The number of carbonyl (C=O) groups excluding carboxylic acids is 1. The molecule has 0 unspecified atom stereocenters. The number of hydrogen-bond acceptors (Lipinski definition) is 3. The lowest BCUT2D eigenvalue weighted by atomic mass is 10.2. The van der Waals surface area contributed by atoms with Crippen LogP contribution >= 0.6 is 11.3 Å². The van der Waals surface area contributed by atoms with Crippen LogP contribution < -0.4 is 5.32 Å². The van der Waals surface area contributed by atoms with Gasteiger partial charge in [0, 0.05) is 42.5 Å². The van der Waals surface area contributed by atoms with Crippen molar-refractivity contribution >= 4 is 17.4 Å². The van der Waals surface area contributed by atoms with Gasteiger partial charge in [0.05, 0.1) is 6.54 Å². The second-order valence-corrected chi connectivity index (χ2v) is 7.38. The zero-order chi connectivity index (χ0) is 16.8. The highest BCUT2D eigenvalue weighted by molar-refractivity contribution is 7.11. The maximum atomic E-state index is 12.3. The van der Waals surface area contributed by atoms with Crippen LogP contribution in [0.4, 0.5) is 4.79 Å². The summed E-state index contributed by atoms with van der Waals surface area (Å²) < 4.78 is 0. The number of hydrogen-bond donors (Lipinski definition) is 1. The number of benzene rings is 1. The maximum Gasteiger partial charge on any atom is 0.317 e. The summed E-state index contributed by atoms with van der Waals surface area (Å²) in [5.41, 5.74) is 1.33. The van der Waals surface area contributed by atoms with Crippen LogP contribution in [0, 0.1) is 0 Å². The number of carbonyl (C=O) groups is 1. The van der Waals surface area contributed by atoms with Crippen LogP contribution in [-0.2, 0) is 19.5 Å². The van der Waals surface area contributed by atoms with Crippen molar-refractivity contribution in [2.45, 2.75) is 26.4 Å². The van der Waals surface area contributed by atoms with E-state index in [1.165, 1.54) is 15.3 Å². The van der Waals surface area contributed by atoms with Gasteiger partial charge in [0.2, 0.25) is 0 Å². The quantitative estimate of drug-likeness (QED) is 0.904. The molecule has 2 heterocycles. The van der Waals surface area contributed by atoms with Crippen LogP contribution in [0.15, 0.2) is 42.5 Å². The zero-order valence-corrected chi connectivity index (χ0v) is 15.0. The molecule has 1 aromatic carbocycles. The summed E-state index contributed by atoms with van der Waals surface area (Å²) in [7, 11) is 0. The van der Waals surface area contributed by atoms with E-state index in [2.05, 4.69) is 53.5 Å². The van der Waals surface area contributed by atoms with Gasteiger partial charge in [-0.2, -0.15) is 0 Å². The van der Waals surface area contributed by atoms with Gasteiger partial charge in [0.15, 0.2) is 0 Å². The Hall–Kier alpha value is -1.85. The van der Waals surface area contributed by atoms with Crippen molar-refractivity contribution in [3.05, 3.63) is 57.8 Å². The molecule has 1 aliphatic rings. The van der Waals surface area contributed by atoms with Crippen molar-refractivity contribution in [1.29, 1.82) is 0 Å². The first-order valence-electron chi connectivity index (χ1n) is 8.61. The van der Waals surface area contributed by atoms with Crippen molar-refractivity contribution in [3.63, 3.8) is 0 Å². The van der Waals surface area contributed by atoms with E-state index in [-0.39, 0.29) is 6.03 Å². The molecule has 0 spiro atoms. The molecular weight excluding hydrogens is 318 g/mol. The fraction of sp³-hybridized carbons (Fsp3) is 0.421. The molecule has 1 fully saturated rings. The summed E-state index contributed by atoms with van der Waals surface area (Å²) in [6, 6.07) is 14.8. The standard InChI is InChI=1S/C19H25N3OS/c1-2-17-8-9-18(24-17)14-20-19(23)22-12-10-21(11-13-22)15-16-6-4-3-5-7-16/h3-9H,2,10-15H2,1H3,(H,20,23). The van der Waals surface area contributed by atoms with E-state index < -0.39 is 0 Å². The number of nitrogens with one attached hydrogen (secondary N) is 1. The Kier molecular flexibility index (Phi) is 5.88. The molecule has 1 aromatic heterocycles. The molecule has 128 valence electrons. The SMILES string of the molecule is CCc1ccc(CNC(=O)N2CCN(Cc3ccccc3)CC2)s1. The average molecular weight is 343 g/mol. The third kappa shape index (κ3) is 4.58. The molecule has 1 saturated heterocycles. The fourth-order valence-electron chi connectivity index (χ4n) is 2.93. The van der Waals surface area contributed by atoms with Crippen LogP contribution in [0.25, 0.3) is 0 Å². The van der Waals surface area contributed by atoms with E-state index in [0.29, 0.717) is 6.54 Å². The lowest BCUT2D eigenvalue weighted by molar-refractivity contribution is 0.135. The first kappa shape index (κ1) is 17.0. The Morgan fingerprint density at radius 3 is 2.42 bits per heavy atom. The van der Waals surface area contributed by atoms with Crippen LogP contribution in [0.2, 0.25) is 0 Å². The van der Waals surface area contributed by atoms with Gasteiger partial charge in [-0.3, -0.25) is 4.90 Å². The van der Waals surface area contributed by atoms with E-state index in [0.717, 1.165) is 39.1 Å². The van der Waals surface area contributed by atoms with E-state index in [1.54, 1.807) is 11.3 Å². The zero-order valence-electron chi connectivity index (χ0n) is 14.2. The molecule has 0 atom stereocenters. The predicted molar refractivity (Wildman–Crippen MR) is 99.2 cm³/mol. The van der Waals surface area contributed by atoms with Gasteiger partial charge in [0.25, 0.3) is 0 Å². The molecular formula is C19H25N3OS. The molecule has 5 heteroatoms. The Balaban J connectivity index is 1.41. The summed E-state index contributed by atoms with van der Waals surface area (Å²) >= 11 is 1.78. The largest absolute Gasteiger partial charge is 0.333 e. The molecule has 1 aliphatic heterocycles. The molecule has 2 aromatic rings. The summed E-state index contributed by atoms with van der Waals surface area (Å²) in [6.07, 6.45) is 1.06. The van der Waals surface area contributed by atoms with Crippen LogP contribution in [0.5, 0.6) is 0 Å². The predicted octanol–water partition coefficient (Wildman–Crippen LogP) is 3.34. The minimum absolute atomic E-state index is 0.0563. The lowest BCUT2D eigenvalue weighted by Crippen LogP contribution is -2.51. The van der Waals surface area contributed by atoms with Gasteiger partial charge in [0.1, 0.15) is 0 Å². The minimum Gasteiger partial charge on any atom is -0.333 e. The van der Waals surface area contributed by atoms with Gasteiger partial charge in [-0.05, 0) is 24.1 Å². The third-order valence-electron chi connectivity index (χ3n) is 4.39. The van der Waals surface area contributed by atoms with E-state index >= 15 is 0 Å². The topological polar surface area (TPSA) is 35.6 Å². The third-order valence-corrected chi connectivity index (χ3v) is 5.62. The number of urea groups is 1. The van der Waals surface area contributed by atoms with Gasteiger partial charge < -0.3 is 10.2 Å². The van der Waals surface area contributed by atoms with Gasteiger partial charge in [-0.1, -0.05) is 37.3 Å². The summed E-state index contributed by atoms with van der Waals surface area (Å²) in [6.45, 7) is 7.21. The highest BCUT2D eigenvalue weighted by Crippen LogP contribution is 2.16. The first-order chi connectivity index (χ1) is 11.7. The molecule has 0 radical (unpaired) electrons. The second-order valence-electron chi connectivity index (χ2n) is 6.13. The Morgan fingerprint density at radius 1 is 1.04 bits per heavy atom. The number of amides is 2. The molecule has 24 heavy (non-hydrogen) atoms. The molecule has 0 saturated carbocycles. The summed E-state index contributed by atoms with van der Waals surface area (Å²) in [5.74, 6) is 0. The van der Waals surface area contributed by atoms with Crippen LogP contribution in [0.1, 0.15) is 22.2 Å². The normalized spacial score (nSPS) is 15.5. The Bertz CT molecular complexity index is 648. The summed E-state index contributed by atoms with van der Waals surface area (Å²) in [4.78, 5) is 19.2. The number of aryl methyl sites for hydroxylation is 1. The minimum atomic E-state index is 0.0563. The molecule has 1 N–H and O–H groups in total. The van der Waals surface area contributed by atoms with Crippen molar-refractivity contribution in [2.24, 2.45) is 0 Å². The van der Waals surface area contributed by atoms with Crippen molar-refractivity contribution < 1.29 is 4.79 Å². The van der Waals surface area contributed by atoms with E-state index in [9.17, 15) is 4.79 Å². The molecule has 2 amide bonds. The Morgan fingerprint density at radius 2 is 1.75 bits per heavy atom. The number of nitrogens with zero attached hydrogens (tertiary/aromatic N) is 2. The maximum absolute atomic E-state index is 12.3. The molecule has 0 bridgehead atoms. The molecule has 0 aliphatic carbocycles. The number of rotatable bonds is 5. The summed E-state index contributed by atoms with van der Waals surface area (Å²) in [5, 5.41) is 3.05. The number of thiophene rings is 1. The van der Waals surface area contributed by atoms with Crippen LogP contribution in [0.3, 0.4) is 0 Å². The lowest BCUT2D eigenvalue weighted by Gasteiger charge is -2.34. The number of piperazine rings is 1. The van der Waals surface area contributed by atoms with Gasteiger partial charge in [-0.15, -0.1) is 11.3 Å². The fourth-order valence-corrected chi connectivity index (χ4v) is 3.83. The highest BCUT2D eigenvalue weighted by Gasteiger charge is 2.20. The van der Waals surface area contributed by atoms with Gasteiger partial charge >= 0.3 is 6.03 Å². The van der Waals surface area contributed by atoms with Crippen molar-refractivity contribution in [2.75, 3.05) is 26.2 Å². The highest BCUT2D eigenvalue weighted by atomic mass is 32.1. The second kappa shape index (κ2) is 8.31. The van der Waals surface area contributed by atoms with Crippen LogP contribution in [-0.4, -0.2) is 42.0 Å².